The van der Waals surface area contributed by atoms with Crippen molar-refractivity contribution >= 4 is 40.6 Å². The summed E-state index contributed by atoms with van der Waals surface area (Å²) in [6.07, 6.45) is 1.32. The second kappa shape index (κ2) is 11.2. The zero-order valence-electron chi connectivity index (χ0n) is 20.7. The fourth-order valence-electron chi connectivity index (χ4n) is 5.32. The number of hydrogen-bond acceptors (Lipinski definition) is 4. The topological polar surface area (TPSA) is 55.9 Å². The highest BCUT2D eigenvalue weighted by Gasteiger charge is 2.32. The van der Waals surface area contributed by atoms with E-state index in [4.69, 9.17) is 11.6 Å². The third-order valence-electron chi connectivity index (χ3n) is 7.16. The fraction of sp³-hybridized carbons (Fsp3) is 0.357. The second-order valence-corrected chi connectivity index (χ2v) is 11.1. The number of nitrogens with one attached hydrogen (secondary N) is 1. The third kappa shape index (κ3) is 5.81. The molecule has 3 heterocycles. The van der Waals surface area contributed by atoms with E-state index >= 15 is 0 Å². The Morgan fingerprint density at radius 2 is 1.95 bits per heavy atom. The standard InChI is InChI=1S/C28H30ClFN4O2S/c1-19-18-33(13-14-34(19)28(36)31-23-7-3-5-21(29)17-23)26(35)9-12-32-11-8-25-24(10-15-37-25)27(32)20-4-2-6-22(30)16-20/h2-7,10,15-17,19,27H,8-9,11-14,18H2,1H3,(H,31,36)/t19-,27+/m0/s1. The van der Waals surface area contributed by atoms with Gasteiger partial charge in [-0.15, -0.1) is 11.3 Å². The number of nitrogens with zero attached hydrogens (tertiary/aromatic N) is 3. The number of halogens is 2. The summed E-state index contributed by atoms with van der Waals surface area (Å²) in [5.74, 6) is -0.169. The molecule has 1 N–H and O–H groups in total. The first-order valence-corrected chi connectivity index (χ1v) is 13.8. The normalized spacial score (nSPS) is 20.0. The summed E-state index contributed by atoms with van der Waals surface area (Å²) in [7, 11) is 0. The molecule has 3 amide bonds. The molecule has 5 rings (SSSR count). The summed E-state index contributed by atoms with van der Waals surface area (Å²) in [4.78, 5) is 33.2. The minimum atomic E-state index is -0.248. The van der Waals surface area contributed by atoms with Gasteiger partial charge in [-0.2, -0.15) is 0 Å². The number of fused-ring (bicyclic) bond motifs is 1. The Morgan fingerprint density at radius 3 is 2.73 bits per heavy atom. The monoisotopic (exact) mass is 540 g/mol. The van der Waals surface area contributed by atoms with Gasteiger partial charge in [0.05, 0.1) is 6.04 Å². The van der Waals surface area contributed by atoms with Crippen LogP contribution in [0.4, 0.5) is 14.9 Å². The van der Waals surface area contributed by atoms with Crippen LogP contribution in [-0.2, 0) is 11.2 Å². The van der Waals surface area contributed by atoms with E-state index in [0.717, 1.165) is 18.5 Å². The molecular weight excluding hydrogens is 511 g/mol. The lowest BCUT2D eigenvalue weighted by Gasteiger charge is -2.40. The van der Waals surface area contributed by atoms with Crippen molar-refractivity contribution < 1.29 is 14.0 Å². The number of anilines is 1. The third-order valence-corrected chi connectivity index (χ3v) is 8.39. The quantitative estimate of drug-likeness (QED) is 0.455. The van der Waals surface area contributed by atoms with Gasteiger partial charge in [0, 0.05) is 60.8 Å². The number of carbonyl (C=O) groups excluding carboxylic acids is 2. The maximum absolute atomic E-state index is 14.1. The van der Waals surface area contributed by atoms with E-state index in [1.165, 1.54) is 16.5 Å². The maximum Gasteiger partial charge on any atom is 0.322 e. The number of urea groups is 1. The molecule has 2 atom stereocenters. The van der Waals surface area contributed by atoms with E-state index in [1.807, 2.05) is 17.9 Å². The predicted molar refractivity (Wildman–Crippen MR) is 146 cm³/mol. The van der Waals surface area contributed by atoms with Gasteiger partial charge in [0.15, 0.2) is 0 Å². The number of benzene rings is 2. The Balaban J connectivity index is 1.19. The molecule has 6 nitrogen and oxygen atoms in total. The van der Waals surface area contributed by atoms with Crippen LogP contribution >= 0.6 is 22.9 Å². The number of thiophene rings is 1. The van der Waals surface area contributed by atoms with Gasteiger partial charge in [-0.05, 0) is 66.2 Å². The number of rotatable bonds is 5. The Labute approximate surface area is 225 Å². The van der Waals surface area contributed by atoms with Crippen LogP contribution in [0.25, 0.3) is 0 Å². The van der Waals surface area contributed by atoms with Crippen LogP contribution in [0.5, 0.6) is 0 Å². The predicted octanol–water partition coefficient (Wildman–Crippen LogP) is 5.64. The van der Waals surface area contributed by atoms with Crippen LogP contribution in [0, 0.1) is 5.82 Å². The zero-order chi connectivity index (χ0) is 25.9. The summed E-state index contributed by atoms with van der Waals surface area (Å²) < 4.78 is 14.1. The Kier molecular flexibility index (Phi) is 7.79. The molecule has 0 saturated carbocycles. The largest absolute Gasteiger partial charge is 0.339 e. The van der Waals surface area contributed by atoms with Crippen molar-refractivity contribution in [3.8, 4) is 0 Å². The van der Waals surface area contributed by atoms with Gasteiger partial charge in [-0.25, -0.2) is 9.18 Å². The summed E-state index contributed by atoms with van der Waals surface area (Å²) in [6, 6.07) is 15.6. The molecule has 37 heavy (non-hydrogen) atoms. The van der Waals surface area contributed by atoms with Crippen LogP contribution in [0.15, 0.2) is 60.0 Å². The van der Waals surface area contributed by atoms with E-state index < -0.39 is 0 Å². The molecule has 0 spiro atoms. The number of amides is 3. The first-order chi connectivity index (χ1) is 17.9. The minimum Gasteiger partial charge on any atom is -0.339 e. The molecular formula is C28H30ClFN4O2S. The molecule has 9 heteroatoms. The van der Waals surface area contributed by atoms with Gasteiger partial charge in [-0.3, -0.25) is 9.69 Å². The number of piperazine rings is 1. The molecule has 3 aromatic rings. The Morgan fingerprint density at radius 1 is 1.11 bits per heavy atom. The molecule has 0 radical (unpaired) electrons. The second-order valence-electron chi connectivity index (χ2n) is 9.62. The number of hydrogen-bond donors (Lipinski definition) is 1. The lowest BCUT2D eigenvalue weighted by Crippen LogP contribution is -2.56. The van der Waals surface area contributed by atoms with E-state index in [-0.39, 0.29) is 29.8 Å². The van der Waals surface area contributed by atoms with E-state index in [2.05, 4.69) is 21.7 Å². The van der Waals surface area contributed by atoms with Crippen molar-refractivity contribution in [1.29, 1.82) is 0 Å². The zero-order valence-corrected chi connectivity index (χ0v) is 22.3. The van der Waals surface area contributed by atoms with Crippen molar-refractivity contribution in [2.45, 2.75) is 31.8 Å². The molecule has 2 aliphatic heterocycles. The van der Waals surface area contributed by atoms with Crippen molar-refractivity contribution in [3.63, 3.8) is 0 Å². The van der Waals surface area contributed by atoms with Crippen LogP contribution < -0.4 is 5.32 Å². The van der Waals surface area contributed by atoms with Crippen LogP contribution in [-0.4, -0.2) is 65.4 Å². The molecule has 0 aliphatic carbocycles. The fourth-order valence-corrected chi connectivity index (χ4v) is 6.42. The van der Waals surface area contributed by atoms with Crippen molar-refractivity contribution in [2.75, 3.05) is 38.0 Å². The average Bonchev–Trinajstić information content (AvgIpc) is 3.35. The van der Waals surface area contributed by atoms with Crippen LogP contribution in [0.1, 0.15) is 35.4 Å². The maximum atomic E-state index is 14.1. The molecule has 0 bridgehead atoms. The molecule has 1 aromatic heterocycles. The van der Waals surface area contributed by atoms with E-state index in [0.29, 0.717) is 43.3 Å². The van der Waals surface area contributed by atoms with Gasteiger partial charge < -0.3 is 15.1 Å². The van der Waals surface area contributed by atoms with Crippen molar-refractivity contribution in [2.24, 2.45) is 0 Å². The highest BCUT2D eigenvalue weighted by Crippen LogP contribution is 2.38. The lowest BCUT2D eigenvalue weighted by molar-refractivity contribution is -0.134. The highest BCUT2D eigenvalue weighted by molar-refractivity contribution is 7.10. The highest BCUT2D eigenvalue weighted by atomic mass is 35.5. The van der Waals surface area contributed by atoms with E-state index in [9.17, 15) is 14.0 Å². The van der Waals surface area contributed by atoms with Crippen molar-refractivity contribution in [3.05, 3.63) is 86.8 Å². The first kappa shape index (κ1) is 25.7. The van der Waals surface area contributed by atoms with E-state index in [1.54, 1.807) is 52.6 Å². The summed E-state index contributed by atoms with van der Waals surface area (Å²) in [5.41, 5.74) is 2.77. The minimum absolute atomic E-state index is 0.0514. The SMILES string of the molecule is C[C@H]1CN(C(=O)CCN2CCc3sccc3[C@H]2c2cccc(F)c2)CCN1C(=O)Nc1cccc(Cl)c1. The summed E-state index contributed by atoms with van der Waals surface area (Å²) in [5, 5.41) is 5.54. The van der Waals surface area contributed by atoms with Crippen molar-refractivity contribution in [1.82, 2.24) is 14.7 Å². The van der Waals surface area contributed by atoms with Crippen LogP contribution in [0.3, 0.4) is 0 Å². The Bertz CT molecular complexity index is 1280. The van der Waals surface area contributed by atoms with Gasteiger partial charge in [0.1, 0.15) is 5.82 Å². The first-order valence-electron chi connectivity index (χ1n) is 12.6. The van der Waals surface area contributed by atoms with Gasteiger partial charge in [0.25, 0.3) is 0 Å². The van der Waals surface area contributed by atoms with Gasteiger partial charge in [-0.1, -0.05) is 29.8 Å². The molecule has 2 aliphatic rings. The Hall–Kier alpha value is -2.94. The smallest absolute Gasteiger partial charge is 0.322 e. The van der Waals surface area contributed by atoms with Crippen LogP contribution in [0.2, 0.25) is 5.02 Å². The molecule has 0 unspecified atom stereocenters. The molecule has 1 fully saturated rings. The summed E-state index contributed by atoms with van der Waals surface area (Å²) >= 11 is 7.77. The van der Waals surface area contributed by atoms with Gasteiger partial charge in [0.2, 0.25) is 5.91 Å². The summed E-state index contributed by atoms with van der Waals surface area (Å²) in [6.45, 7) is 4.83. The average molecular weight is 541 g/mol. The lowest BCUT2D eigenvalue weighted by atomic mass is 9.93. The van der Waals surface area contributed by atoms with Gasteiger partial charge >= 0.3 is 6.03 Å². The molecule has 194 valence electrons. The molecule has 1 saturated heterocycles. The number of carbonyl (C=O) groups is 2. The molecule has 2 aromatic carbocycles.